The van der Waals surface area contributed by atoms with Crippen LogP contribution in [0.25, 0.3) is 11.3 Å². The number of aromatic nitrogens is 2. The van der Waals surface area contributed by atoms with E-state index in [0.717, 1.165) is 25.6 Å². The summed E-state index contributed by atoms with van der Waals surface area (Å²) in [7, 11) is 0. The molecule has 94 valence electrons. The summed E-state index contributed by atoms with van der Waals surface area (Å²) < 4.78 is 2.24. The molecule has 1 heterocycles. The Labute approximate surface area is 108 Å². The summed E-state index contributed by atoms with van der Waals surface area (Å²) in [5, 5.41) is 3.54. The molecule has 3 rings (SSSR count). The van der Waals surface area contributed by atoms with Gasteiger partial charge in [0.1, 0.15) is 0 Å². The highest BCUT2D eigenvalue weighted by Gasteiger charge is 2.19. The molecular weight excluding hydrogens is 222 g/mol. The number of nitrogens with one attached hydrogen (secondary N) is 1. The Morgan fingerprint density at radius 2 is 2.06 bits per heavy atom. The predicted molar refractivity (Wildman–Crippen MR) is 73.3 cm³/mol. The molecule has 0 amide bonds. The molecule has 0 bridgehead atoms. The molecule has 1 aliphatic rings. The SMILES string of the molecule is c1ccc(-c2cncn2CCCNC2CC2)cc1. The van der Waals surface area contributed by atoms with E-state index in [1.54, 1.807) is 0 Å². The summed E-state index contributed by atoms with van der Waals surface area (Å²) >= 11 is 0. The molecule has 1 N–H and O–H groups in total. The van der Waals surface area contributed by atoms with Crippen LogP contribution in [0, 0.1) is 0 Å². The molecule has 0 saturated heterocycles. The second-order valence-electron chi connectivity index (χ2n) is 4.92. The van der Waals surface area contributed by atoms with Gasteiger partial charge >= 0.3 is 0 Å². The van der Waals surface area contributed by atoms with Crippen LogP contribution in [0.15, 0.2) is 42.9 Å². The van der Waals surface area contributed by atoms with E-state index >= 15 is 0 Å². The maximum atomic E-state index is 4.27. The van der Waals surface area contributed by atoms with Crippen LogP contribution < -0.4 is 5.32 Å². The Kier molecular flexibility index (Phi) is 3.42. The monoisotopic (exact) mass is 241 g/mol. The molecule has 0 radical (unpaired) electrons. The minimum Gasteiger partial charge on any atom is -0.331 e. The number of hydrogen-bond donors (Lipinski definition) is 1. The van der Waals surface area contributed by atoms with Gasteiger partial charge in [-0.1, -0.05) is 30.3 Å². The smallest absolute Gasteiger partial charge is 0.0950 e. The van der Waals surface area contributed by atoms with E-state index in [1.165, 1.54) is 24.1 Å². The lowest BCUT2D eigenvalue weighted by atomic mass is 10.2. The molecule has 0 atom stereocenters. The second kappa shape index (κ2) is 5.36. The average Bonchev–Trinajstić information content (AvgIpc) is 3.12. The topological polar surface area (TPSA) is 29.9 Å². The van der Waals surface area contributed by atoms with Crippen molar-refractivity contribution >= 4 is 0 Å². The van der Waals surface area contributed by atoms with Crippen LogP contribution in [-0.4, -0.2) is 22.1 Å². The lowest BCUT2D eigenvalue weighted by Gasteiger charge is -2.08. The quantitative estimate of drug-likeness (QED) is 0.788. The minimum absolute atomic E-state index is 0.807. The van der Waals surface area contributed by atoms with Crippen LogP contribution in [-0.2, 0) is 6.54 Å². The van der Waals surface area contributed by atoms with Gasteiger partial charge in [-0.05, 0) is 31.4 Å². The van der Waals surface area contributed by atoms with E-state index in [9.17, 15) is 0 Å². The number of rotatable bonds is 6. The zero-order chi connectivity index (χ0) is 12.2. The van der Waals surface area contributed by atoms with E-state index in [0.29, 0.717) is 0 Å². The first kappa shape index (κ1) is 11.5. The van der Waals surface area contributed by atoms with Gasteiger partial charge in [-0.3, -0.25) is 0 Å². The van der Waals surface area contributed by atoms with Crippen molar-refractivity contribution in [2.24, 2.45) is 0 Å². The molecular formula is C15H19N3. The van der Waals surface area contributed by atoms with Gasteiger partial charge in [0.05, 0.1) is 18.2 Å². The molecule has 1 aromatic heterocycles. The molecule has 3 nitrogen and oxygen atoms in total. The fourth-order valence-corrected chi connectivity index (χ4v) is 2.19. The highest BCUT2D eigenvalue weighted by molar-refractivity contribution is 5.58. The molecule has 1 fully saturated rings. The first-order chi connectivity index (χ1) is 8.93. The van der Waals surface area contributed by atoms with Crippen molar-refractivity contribution in [1.82, 2.24) is 14.9 Å². The predicted octanol–water partition coefficient (Wildman–Crippen LogP) is 2.69. The van der Waals surface area contributed by atoms with Gasteiger partial charge in [0.25, 0.3) is 0 Å². The highest BCUT2D eigenvalue weighted by Crippen LogP contribution is 2.19. The molecule has 0 spiro atoms. The third-order valence-electron chi connectivity index (χ3n) is 3.37. The van der Waals surface area contributed by atoms with Crippen LogP contribution in [0.5, 0.6) is 0 Å². The van der Waals surface area contributed by atoms with Crippen molar-refractivity contribution in [3.05, 3.63) is 42.9 Å². The maximum Gasteiger partial charge on any atom is 0.0950 e. The van der Waals surface area contributed by atoms with E-state index < -0.39 is 0 Å². The number of aryl methyl sites for hydroxylation is 1. The number of nitrogens with zero attached hydrogens (tertiary/aromatic N) is 2. The maximum absolute atomic E-state index is 4.27. The van der Waals surface area contributed by atoms with Crippen LogP contribution in [0.2, 0.25) is 0 Å². The van der Waals surface area contributed by atoms with Crippen molar-refractivity contribution in [2.75, 3.05) is 6.54 Å². The fraction of sp³-hybridized carbons (Fsp3) is 0.400. The molecule has 1 aliphatic carbocycles. The summed E-state index contributed by atoms with van der Waals surface area (Å²) in [5.41, 5.74) is 2.45. The van der Waals surface area contributed by atoms with E-state index in [2.05, 4.69) is 39.1 Å². The zero-order valence-electron chi connectivity index (χ0n) is 10.5. The molecule has 18 heavy (non-hydrogen) atoms. The Hall–Kier alpha value is -1.61. The van der Waals surface area contributed by atoms with Crippen LogP contribution in [0.4, 0.5) is 0 Å². The van der Waals surface area contributed by atoms with Crippen LogP contribution in [0.1, 0.15) is 19.3 Å². The summed E-state index contributed by atoms with van der Waals surface area (Å²) in [4.78, 5) is 4.27. The lowest BCUT2D eigenvalue weighted by Crippen LogP contribution is -2.18. The highest BCUT2D eigenvalue weighted by atomic mass is 15.0. The number of benzene rings is 1. The molecule has 3 heteroatoms. The van der Waals surface area contributed by atoms with Crippen LogP contribution in [0.3, 0.4) is 0 Å². The molecule has 2 aromatic rings. The van der Waals surface area contributed by atoms with Gasteiger partial charge < -0.3 is 9.88 Å². The Morgan fingerprint density at radius 3 is 2.83 bits per heavy atom. The summed E-state index contributed by atoms with van der Waals surface area (Å²) in [5.74, 6) is 0. The second-order valence-corrected chi connectivity index (χ2v) is 4.92. The standard InChI is InChI=1S/C15H19N3/c1-2-5-13(6-3-1)15-11-16-12-18(15)10-4-9-17-14-7-8-14/h1-3,5-6,11-12,14,17H,4,7-10H2. The summed E-state index contributed by atoms with van der Waals surface area (Å²) in [6, 6.07) is 11.3. The average molecular weight is 241 g/mol. The first-order valence-corrected chi connectivity index (χ1v) is 6.72. The van der Waals surface area contributed by atoms with E-state index in [4.69, 9.17) is 0 Å². The van der Waals surface area contributed by atoms with Gasteiger partial charge in [-0.2, -0.15) is 0 Å². The lowest BCUT2D eigenvalue weighted by molar-refractivity contribution is 0.581. The minimum atomic E-state index is 0.807. The summed E-state index contributed by atoms with van der Waals surface area (Å²) in [6.07, 6.45) is 7.76. The zero-order valence-corrected chi connectivity index (χ0v) is 10.5. The normalized spacial score (nSPS) is 14.9. The molecule has 0 aliphatic heterocycles. The third kappa shape index (κ3) is 2.79. The van der Waals surface area contributed by atoms with Crippen molar-refractivity contribution < 1.29 is 0 Å². The van der Waals surface area contributed by atoms with Gasteiger partial charge in [-0.15, -0.1) is 0 Å². The van der Waals surface area contributed by atoms with Crippen molar-refractivity contribution in [3.63, 3.8) is 0 Å². The molecule has 1 saturated carbocycles. The number of hydrogen-bond acceptors (Lipinski definition) is 2. The summed E-state index contributed by atoms with van der Waals surface area (Å²) in [6.45, 7) is 2.14. The Balaban J connectivity index is 1.60. The van der Waals surface area contributed by atoms with Gasteiger partial charge in [0, 0.05) is 12.6 Å². The van der Waals surface area contributed by atoms with Crippen molar-refractivity contribution in [2.45, 2.75) is 31.8 Å². The molecule has 0 unspecified atom stereocenters. The van der Waals surface area contributed by atoms with Crippen LogP contribution >= 0.6 is 0 Å². The van der Waals surface area contributed by atoms with E-state index in [-0.39, 0.29) is 0 Å². The van der Waals surface area contributed by atoms with Crippen molar-refractivity contribution in [3.8, 4) is 11.3 Å². The van der Waals surface area contributed by atoms with Gasteiger partial charge in [-0.25, -0.2) is 4.98 Å². The van der Waals surface area contributed by atoms with Gasteiger partial charge in [0.2, 0.25) is 0 Å². The van der Waals surface area contributed by atoms with Crippen molar-refractivity contribution in [1.29, 1.82) is 0 Å². The Bertz CT molecular complexity index is 485. The van der Waals surface area contributed by atoms with E-state index in [1.807, 2.05) is 18.6 Å². The number of imidazole rings is 1. The largest absolute Gasteiger partial charge is 0.331 e. The third-order valence-corrected chi connectivity index (χ3v) is 3.37. The Morgan fingerprint density at radius 1 is 1.22 bits per heavy atom. The first-order valence-electron chi connectivity index (χ1n) is 6.72. The van der Waals surface area contributed by atoms with Gasteiger partial charge in [0.15, 0.2) is 0 Å². The molecule has 1 aromatic carbocycles. The fourth-order valence-electron chi connectivity index (χ4n) is 2.19.